The molecule has 170 valence electrons. The third kappa shape index (κ3) is 6.25. The lowest BCUT2D eigenvalue weighted by molar-refractivity contribution is 0.0687. The second-order valence-corrected chi connectivity index (χ2v) is 8.80. The van der Waals surface area contributed by atoms with Crippen LogP contribution in [0.3, 0.4) is 0 Å². The third-order valence-corrected chi connectivity index (χ3v) is 6.26. The number of hydrogen-bond acceptors (Lipinski definition) is 3. The Bertz CT molecular complexity index is 916. The molecule has 1 saturated carbocycles. The summed E-state index contributed by atoms with van der Waals surface area (Å²) in [7, 11) is 0. The van der Waals surface area contributed by atoms with Crippen molar-refractivity contribution in [2.24, 2.45) is 5.92 Å². The van der Waals surface area contributed by atoms with Crippen molar-refractivity contribution in [1.29, 1.82) is 0 Å². The monoisotopic (exact) mass is 435 g/mol. The van der Waals surface area contributed by atoms with Crippen molar-refractivity contribution in [3.05, 3.63) is 59.7 Å². The largest absolute Gasteiger partial charge is 0.494 e. The van der Waals surface area contributed by atoms with Crippen LogP contribution in [-0.4, -0.2) is 42.6 Å². The number of carbonyl (C=O) groups excluding carboxylic acids is 2. The van der Waals surface area contributed by atoms with E-state index in [0.717, 1.165) is 57.4 Å². The van der Waals surface area contributed by atoms with Crippen LogP contribution in [0.1, 0.15) is 54.9 Å². The first-order chi connectivity index (χ1) is 15.6. The van der Waals surface area contributed by atoms with Crippen LogP contribution in [0.15, 0.2) is 48.5 Å². The zero-order chi connectivity index (χ0) is 22.3. The second-order valence-electron chi connectivity index (χ2n) is 8.80. The summed E-state index contributed by atoms with van der Waals surface area (Å²) in [6, 6.07) is 15.7. The van der Waals surface area contributed by atoms with E-state index >= 15 is 0 Å². The van der Waals surface area contributed by atoms with Crippen molar-refractivity contribution in [2.75, 3.05) is 25.0 Å². The lowest BCUT2D eigenvalue weighted by Gasteiger charge is -2.32. The maximum Gasteiger partial charge on any atom is 0.319 e. The van der Waals surface area contributed by atoms with Crippen LogP contribution in [0.4, 0.5) is 10.5 Å². The van der Waals surface area contributed by atoms with Crippen molar-refractivity contribution < 1.29 is 14.3 Å². The van der Waals surface area contributed by atoms with Gasteiger partial charge in [0.2, 0.25) is 0 Å². The van der Waals surface area contributed by atoms with Crippen LogP contribution in [0, 0.1) is 5.92 Å². The SMILES string of the molecule is CCOc1ccc(CCC2CCN(C(=O)c3cccc(NC(=O)NC4CC4)c3)CC2)cc1. The third-order valence-electron chi connectivity index (χ3n) is 6.26. The van der Waals surface area contributed by atoms with Gasteiger partial charge in [0.25, 0.3) is 5.91 Å². The zero-order valence-corrected chi connectivity index (χ0v) is 18.8. The quantitative estimate of drug-likeness (QED) is 0.622. The molecule has 2 N–H and O–H groups in total. The van der Waals surface area contributed by atoms with Crippen LogP contribution in [-0.2, 0) is 6.42 Å². The Balaban J connectivity index is 1.23. The highest BCUT2D eigenvalue weighted by atomic mass is 16.5. The van der Waals surface area contributed by atoms with Gasteiger partial charge >= 0.3 is 6.03 Å². The van der Waals surface area contributed by atoms with E-state index < -0.39 is 0 Å². The first kappa shape index (κ1) is 22.2. The van der Waals surface area contributed by atoms with Crippen LogP contribution >= 0.6 is 0 Å². The minimum absolute atomic E-state index is 0.0428. The lowest BCUT2D eigenvalue weighted by atomic mass is 9.90. The summed E-state index contributed by atoms with van der Waals surface area (Å²) < 4.78 is 5.51. The molecule has 4 rings (SSSR count). The van der Waals surface area contributed by atoms with Crippen molar-refractivity contribution in [2.45, 2.75) is 51.5 Å². The standard InChI is InChI=1S/C26H33N3O3/c1-2-32-24-12-8-19(9-13-24)6-7-20-14-16-29(17-15-20)25(30)21-4-3-5-23(18-21)28-26(31)27-22-10-11-22/h3-5,8-9,12-13,18,20,22H,2,6-7,10-11,14-17H2,1H3,(H2,27,28,31). The van der Waals surface area contributed by atoms with Gasteiger partial charge in [-0.05, 0) is 87.3 Å². The van der Waals surface area contributed by atoms with Gasteiger partial charge in [0.05, 0.1) is 6.61 Å². The number of piperidine rings is 1. The van der Waals surface area contributed by atoms with Crippen LogP contribution in [0.5, 0.6) is 5.75 Å². The van der Waals surface area contributed by atoms with Gasteiger partial charge < -0.3 is 20.3 Å². The van der Waals surface area contributed by atoms with Gasteiger partial charge in [-0.3, -0.25) is 4.79 Å². The summed E-state index contributed by atoms with van der Waals surface area (Å²) in [6.07, 6.45) is 6.35. The van der Waals surface area contributed by atoms with Crippen LogP contribution in [0.2, 0.25) is 0 Å². The second kappa shape index (κ2) is 10.5. The molecule has 2 aromatic carbocycles. The number of rotatable bonds is 8. The lowest BCUT2D eigenvalue weighted by Crippen LogP contribution is -2.38. The van der Waals surface area contributed by atoms with Crippen molar-refractivity contribution in [3.8, 4) is 5.75 Å². The summed E-state index contributed by atoms with van der Waals surface area (Å²) in [5.41, 5.74) is 2.61. The predicted molar refractivity (Wildman–Crippen MR) is 126 cm³/mol. The van der Waals surface area contributed by atoms with Crippen LogP contribution in [0.25, 0.3) is 0 Å². The maximum atomic E-state index is 13.0. The minimum Gasteiger partial charge on any atom is -0.494 e. The van der Waals surface area contributed by atoms with E-state index in [1.807, 2.05) is 42.2 Å². The summed E-state index contributed by atoms with van der Waals surface area (Å²) in [5, 5.41) is 5.73. The molecule has 1 aliphatic heterocycles. The Hall–Kier alpha value is -3.02. The topological polar surface area (TPSA) is 70.7 Å². The van der Waals surface area contributed by atoms with Crippen molar-refractivity contribution in [1.82, 2.24) is 10.2 Å². The average molecular weight is 436 g/mol. The maximum absolute atomic E-state index is 13.0. The number of amides is 3. The van der Waals surface area contributed by atoms with Gasteiger partial charge in [-0.25, -0.2) is 4.79 Å². The van der Waals surface area contributed by atoms with Crippen molar-refractivity contribution >= 4 is 17.6 Å². The Morgan fingerprint density at radius 1 is 1.03 bits per heavy atom. The molecule has 3 amide bonds. The number of benzene rings is 2. The molecule has 0 bridgehead atoms. The van der Waals surface area contributed by atoms with Gasteiger partial charge in [-0.15, -0.1) is 0 Å². The fourth-order valence-electron chi connectivity index (χ4n) is 4.21. The average Bonchev–Trinajstić information content (AvgIpc) is 3.63. The molecule has 1 heterocycles. The molecular weight excluding hydrogens is 402 g/mol. The number of ether oxygens (including phenoxy) is 1. The summed E-state index contributed by atoms with van der Waals surface area (Å²) in [4.78, 5) is 26.9. The molecular formula is C26H33N3O3. The van der Waals surface area contributed by atoms with E-state index in [4.69, 9.17) is 4.74 Å². The van der Waals surface area contributed by atoms with Gasteiger partial charge in [-0.2, -0.15) is 0 Å². The number of urea groups is 1. The number of aryl methyl sites for hydroxylation is 1. The molecule has 1 saturated heterocycles. The number of nitrogens with zero attached hydrogens (tertiary/aromatic N) is 1. The Kier molecular flexibility index (Phi) is 7.30. The Morgan fingerprint density at radius 2 is 1.78 bits per heavy atom. The summed E-state index contributed by atoms with van der Waals surface area (Å²) in [5.74, 6) is 1.61. The normalized spacial score (nSPS) is 16.5. The first-order valence-electron chi connectivity index (χ1n) is 11.8. The molecule has 0 radical (unpaired) electrons. The Morgan fingerprint density at radius 3 is 2.47 bits per heavy atom. The number of carbonyl (C=O) groups is 2. The molecule has 32 heavy (non-hydrogen) atoms. The number of nitrogens with one attached hydrogen (secondary N) is 2. The van der Waals surface area contributed by atoms with E-state index in [2.05, 4.69) is 22.8 Å². The molecule has 2 aromatic rings. The van der Waals surface area contributed by atoms with Crippen LogP contribution < -0.4 is 15.4 Å². The van der Waals surface area contributed by atoms with Gasteiger partial charge in [0.15, 0.2) is 0 Å². The molecule has 6 heteroatoms. The van der Waals surface area contributed by atoms with Gasteiger partial charge in [-0.1, -0.05) is 18.2 Å². The fourth-order valence-corrected chi connectivity index (χ4v) is 4.21. The highest BCUT2D eigenvalue weighted by Gasteiger charge is 2.25. The van der Waals surface area contributed by atoms with E-state index in [0.29, 0.717) is 29.8 Å². The van der Waals surface area contributed by atoms with E-state index in [1.54, 1.807) is 6.07 Å². The Labute approximate surface area is 190 Å². The van der Waals surface area contributed by atoms with E-state index in [9.17, 15) is 9.59 Å². The highest BCUT2D eigenvalue weighted by Crippen LogP contribution is 2.25. The molecule has 2 fully saturated rings. The molecule has 6 nitrogen and oxygen atoms in total. The predicted octanol–water partition coefficient (Wildman–Crippen LogP) is 4.85. The van der Waals surface area contributed by atoms with E-state index in [1.165, 1.54) is 5.56 Å². The number of hydrogen-bond donors (Lipinski definition) is 2. The molecule has 0 unspecified atom stereocenters. The van der Waals surface area contributed by atoms with E-state index in [-0.39, 0.29) is 11.9 Å². The summed E-state index contributed by atoms with van der Waals surface area (Å²) >= 11 is 0. The molecule has 0 aromatic heterocycles. The molecule has 2 aliphatic rings. The zero-order valence-electron chi connectivity index (χ0n) is 18.8. The highest BCUT2D eigenvalue weighted by molar-refractivity contribution is 5.97. The fraction of sp³-hybridized carbons (Fsp3) is 0.462. The number of anilines is 1. The summed E-state index contributed by atoms with van der Waals surface area (Å²) in [6.45, 7) is 4.25. The van der Waals surface area contributed by atoms with Gasteiger partial charge in [0.1, 0.15) is 5.75 Å². The molecule has 0 spiro atoms. The number of likely N-dealkylation sites (tertiary alicyclic amines) is 1. The molecule has 0 atom stereocenters. The smallest absolute Gasteiger partial charge is 0.319 e. The van der Waals surface area contributed by atoms with Gasteiger partial charge in [0, 0.05) is 30.4 Å². The minimum atomic E-state index is -0.203. The van der Waals surface area contributed by atoms with Crippen molar-refractivity contribution in [3.63, 3.8) is 0 Å². The molecule has 1 aliphatic carbocycles. The first-order valence-corrected chi connectivity index (χ1v) is 11.8.